The van der Waals surface area contributed by atoms with Crippen molar-refractivity contribution in [3.05, 3.63) is 29.8 Å². The van der Waals surface area contributed by atoms with Crippen molar-refractivity contribution in [1.82, 2.24) is 10.6 Å². The molecule has 134 valence electrons. The monoisotopic (exact) mass is 333 g/mol. The molecule has 1 aromatic rings. The zero-order valence-corrected chi connectivity index (χ0v) is 15.0. The van der Waals surface area contributed by atoms with Crippen molar-refractivity contribution in [2.24, 2.45) is 4.99 Å². The standard InChI is InChI=1S/C19H31N3O2/c1-3-20-19(22-14-15-23-2)21-13-12-16-8-10-18(11-9-16)24-17-6-4-5-7-17/h8-11,17H,3-7,12-15H2,1-2H3,(H2,20,21,22). The Morgan fingerprint density at radius 1 is 1.17 bits per heavy atom. The van der Waals surface area contributed by atoms with Crippen molar-refractivity contribution in [1.29, 1.82) is 0 Å². The molecule has 1 aliphatic rings. The topological polar surface area (TPSA) is 54.9 Å². The summed E-state index contributed by atoms with van der Waals surface area (Å²) in [5.74, 6) is 1.84. The minimum atomic E-state index is 0.420. The summed E-state index contributed by atoms with van der Waals surface area (Å²) in [4.78, 5) is 4.46. The van der Waals surface area contributed by atoms with Crippen LogP contribution in [0.1, 0.15) is 38.2 Å². The van der Waals surface area contributed by atoms with E-state index in [0.29, 0.717) is 19.3 Å². The molecule has 0 bridgehead atoms. The summed E-state index contributed by atoms with van der Waals surface area (Å²) < 4.78 is 11.0. The van der Waals surface area contributed by atoms with E-state index < -0.39 is 0 Å². The lowest BCUT2D eigenvalue weighted by atomic mass is 10.1. The van der Waals surface area contributed by atoms with E-state index in [1.165, 1.54) is 31.2 Å². The lowest BCUT2D eigenvalue weighted by Crippen LogP contribution is -2.38. The summed E-state index contributed by atoms with van der Waals surface area (Å²) in [6.45, 7) is 5.07. The number of rotatable bonds is 9. The molecule has 0 radical (unpaired) electrons. The zero-order chi connectivity index (χ0) is 17.0. The van der Waals surface area contributed by atoms with Crippen molar-refractivity contribution in [2.45, 2.75) is 45.1 Å². The number of nitrogens with one attached hydrogen (secondary N) is 2. The highest BCUT2D eigenvalue weighted by Gasteiger charge is 2.16. The van der Waals surface area contributed by atoms with Gasteiger partial charge in [0, 0.05) is 20.2 Å². The number of hydrogen-bond donors (Lipinski definition) is 2. The van der Waals surface area contributed by atoms with Gasteiger partial charge in [-0.1, -0.05) is 12.1 Å². The van der Waals surface area contributed by atoms with Gasteiger partial charge >= 0.3 is 0 Å². The van der Waals surface area contributed by atoms with Gasteiger partial charge in [0.05, 0.1) is 19.3 Å². The molecule has 0 saturated heterocycles. The Bertz CT molecular complexity index is 482. The molecule has 0 atom stereocenters. The Balaban J connectivity index is 1.73. The average molecular weight is 333 g/mol. The Labute approximate surface area is 145 Å². The van der Waals surface area contributed by atoms with E-state index in [1.54, 1.807) is 7.11 Å². The molecule has 0 heterocycles. The second kappa shape index (κ2) is 10.9. The first-order chi connectivity index (χ1) is 11.8. The second-order valence-electron chi connectivity index (χ2n) is 6.10. The molecule has 0 amide bonds. The summed E-state index contributed by atoms with van der Waals surface area (Å²) in [6, 6.07) is 8.49. The smallest absolute Gasteiger partial charge is 0.191 e. The molecule has 1 aliphatic carbocycles. The van der Waals surface area contributed by atoms with Crippen LogP contribution in [-0.4, -0.2) is 45.4 Å². The fourth-order valence-electron chi connectivity index (χ4n) is 2.85. The van der Waals surface area contributed by atoms with Crippen LogP contribution in [0.4, 0.5) is 0 Å². The van der Waals surface area contributed by atoms with Gasteiger partial charge < -0.3 is 20.1 Å². The predicted octanol–water partition coefficient (Wildman–Crippen LogP) is 2.75. The maximum absolute atomic E-state index is 6.00. The third-order valence-corrected chi connectivity index (χ3v) is 4.14. The van der Waals surface area contributed by atoms with Crippen molar-refractivity contribution >= 4 is 5.96 Å². The van der Waals surface area contributed by atoms with E-state index in [9.17, 15) is 0 Å². The van der Waals surface area contributed by atoms with Crippen LogP contribution in [0, 0.1) is 0 Å². The summed E-state index contributed by atoms with van der Waals surface area (Å²) in [6.07, 6.45) is 6.37. The van der Waals surface area contributed by atoms with Gasteiger partial charge in [0.25, 0.3) is 0 Å². The van der Waals surface area contributed by atoms with Gasteiger partial charge in [-0.3, -0.25) is 4.99 Å². The lowest BCUT2D eigenvalue weighted by Gasteiger charge is -2.14. The van der Waals surface area contributed by atoms with Crippen LogP contribution < -0.4 is 15.4 Å². The molecule has 1 aromatic carbocycles. The summed E-state index contributed by atoms with van der Waals surface area (Å²) in [7, 11) is 1.69. The highest BCUT2D eigenvalue weighted by atomic mass is 16.5. The van der Waals surface area contributed by atoms with E-state index in [4.69, 9.17) is 9.47 Å². The SMILES string of the molecule is CCNC(=NCCOC)NCCc1ccc(OC2CCCC2)cc1. The molecule has 2 rings (SSSR count). The molecule has 0 aromatic heterocycles. The lowest BCUT2D eigenvalue weighted by molar-refractivity contribution is 0.208. The van der Waals surface area contributed by atoms with Crippen LogP contribution in [0.15, 0.2) is 29.3 Å². The second-order valence-corrected chi connectivity index (χ2v) is 6.10. The minimum absolute atomic E-state index is 0.420. The summed E-state index contributed by atoms with van der Waals surface area (Å²) in [5, 5.41) is 6.59. The third-order valence-electron chi connectivity index (χ3n) is 4.14. The first-order valence-corrected chi connectivity index (χ1v) is 9.08. The number of hydrogen-bond acceptors (Lipinski definition) is 3. The van der Waals surface area contributed by atoms with Gasteiger partial charge in [-0.05, 0) is 56.7 Å². The Hall–Kier alpha value is -1.75. The van der Waals surface area contributed by atoms with Gasteiger partial charge in [0.15, 0.2) is 5.96 Å². The molecular formula is C19H31N3O2. The molecule has 2 N–H and O–H groups in total. The number of methoxy groups -OCH3 is 1. The Kier molecular flexibility index (Phi) is 8.46. The van der Waals surface area contributed by atoms with Gasteiger partial charge in [0.1, 0.15) is 5.75 Å². The van der Waals surface area contributed by atoms with Gasteiger partial charge in [-0.15, -0.1) is 0 Å². The number of nitrogens with zero attached hydrogens (tertiary/aromatic N) is 1. The summed E-state index contributed by atoms with van der Waals surface area (Å²) >= 11 is 0. The minimum Gasteiger partial charge on any atom is -0.490 e. The van der Waals surface area contributed by atoms with Crippen molar-refractivity contribution in [3.63, 3.8) is 0 Å². The van der Waals surface area contributed by atoms with Gasteiger partial charge in [0.2, 0.25) is 0 Å². The number of guanidine groups is 1. The molecule has 0 unspecified atom stereocenters. The van der Waals surface area contributed by atoms with Crippen molar-refractivity contribution < 1.29 is 9.47 Å². The predicted molar refractivity (Wildman–Crippen MR) is 98.9 cm³/mol. The largest absolute Gasteiger partial charge is 0.490 e. The van der Waals surface area contributed by atoms with Gasteiger partial charge in [-0.2, -0.15) is 0 Å². The summed E-state index contributed by atoms with van der Waals surface area (Å²) in [5.41, 5.74) is 1.30. The number of benzene rings is 1. The number of aliphatic imine (C=N–C) groups is 1. The van der Waals surface area contributed by atoms with E-state index in [1.807, 2.05) is 0 Å². The normalized spacial score (nSPS) is 15.5. The van der Waals surface area contributed by atoms with Crippen LogP contribution >= 0.6 is 0 Å². The van der Waals surface area contributed by atoms with Crippen LogP contribution in [0.2, 0.25) is 0 Å². The first-order valence-electron chi connectivity index (χ1n) is 9.08. The first kappa shape index (κ1) is 18.6. The molecule has 0 aliphatic heterocycles. The fraction of sp³-hybridized carbons (Fsp3) is 0.632. The molecule has 0 spiro atoms. The maximum Gasteiger partial charge on any atom is 0.191 e. The van der Waals surface area contributed by atoms with E-state index >= 15 is 0 Å². The van der Waals surface area contributed by atoms with Crippen LogP contribution in [0.5, 0.6) is 5.75 Å². The Morgan fingerprint density at radius 3 is 2.58 bits per heavy atom. The highest BCUT2D eigenvalue weighted by molar-refractivity contribution is 5.79. The third kappa shape index (κ3) is 6.79. The van der Waals surface area contributed by atoms with Crippen molar-refractivity contribution in [3.8, 4) is 5.75 Å². The van der Waals surface area contributed by atoms with Crippen LogP contribution in [0.25, 0.3) is 0 Å². The quantitative estimate of drug-likeness (QED) is 0.414. The van der Waals surface area contributed by atoms with Crippen LogP contribution in [0.3, 0.4) is 0 Å². The van der Waals surface area contributed by atoms with E-state index in [2.05, 4.69) is 46.8 Å². The van der Waals surface area contributed by atoms with Crippen molar-refractivity contribution in [2.75, 3.05) is 33.4 Å². The average Bonchev–Trinajstić information content (AvgIpc) is 3.10. The molecule has 5 nitrogen and oxygen atoms in total. The Morgan fingerprint density at radius 2 is 1.92 bits per heavy atom. The maximum atomic E-state index is 6.00. The molecular weight excluding hydrogens is 302 g/mol. The molecule has 24 heavy (non-hydrogen) atoms. The van der Waals surface area contributed by atoms with Gasteiger partial charge in [-0.25, -0.2) is 0 Å². The molecule has 1 fully saturated rings. The van der Waals surface area contributed by atoms with E-state index in [-0.39, 0.29) is 0 Å². The molecule has 5 heteroatoms. The van der Waals surface area contributed by atoms with E-state index in [0.717, 1.165) is 31.2 Å². The molecule has 1 saturated carbocycles. The fourth-order valence-corrected chi connectivity index (χ4v) is 2.85. The number of ether oxygens (including phenoxy) is 2. The highest BCUT2D eigenvalue weighted by Crippen LogP contribution is 2.24. The van der Waals surface area contributed by atoms with Crippen LogP contribution in [-0.2, 0) is 11.2 Å². The zero-order valence-electron chi connectivity index (χ0n) is 15.0.